The first kappa shape index (κ1) is 9.65. The average molecular weight is 198 g/mol. The smallest absolute Gasteiger partial charge is 0.123 e. The second-order valence-corrected chi connectivity index (χ2v) is 6.06. The highest BCUT2D eigenvalue weighted by molar-refractivity contribution is 7.16. The lowest BCUT2D eigenvalue weighted by Crippen LogP contribution is -2.73. The Hall–Kier alpha value is 0.100. The maximum absolute atomic E-state index is 10.9. The summed E-state index contributed by atoms with van der Waals surface area (Å²) >= 11 is 0. The molecule has 5 unspecified atom stereocenters. The number of fused-ring (bicyclic) bond motifs is 1. The minimum Gasteiger partial charge on any atom is -0.303 e. The molecule has 2 heteroatoms. The normalized spacial score (nSPS) is 58.9. The maximum Gasteiger partial charge on any atom is 0.123 e. The molecule has 2 aliphatic rings. The highest BCUT2D eigenvalue weighted by atomic mass is 31.0. The van der Waals surface area contributed by atoms with Crippen LogP contribution in [0.5, 0.6) is 0 Å². The van der Waals surface area contributed by atoms with E-state index in [0.29, 0.717) is 16.7 Å². The summed E-state index contributed by atoms with van der Waals surface area (Å²) in [4.78, 5) is 10.9. The molecule has 1 nitrogen and oxygen atoms in total. The second-order valence-electron chi connectivity index (χ2n) is 5.65. The summed E-state index contributed by atoms with van der Waals surface area (Å²) in [5.41, 5.74) is 1.13. The van der Waals surface area contributed by atoms with Gasteiger partial charge in [0.05, 0.1) is 0 Å². The molecule has 0 N–H and O–H groups in total. The van der Waals surface area contributed by atoms with Crippen LogP contribution < -0.4 is 0 Å². The highest BCUT2D eigenvalue weighted by Crippen LogP contribution is 2.80. The molecule has 0 aromatic carbocycles. The van der Waals surface area contributed by atoms with Crippen LogP contribution in [0.2, 0.25) is 0 Å². The van der Waals surface area contributed by atoms with Crippen LogP contribution in [0.3, 0.4) is 0 Å². The third-order valence-electron chi connectivity index (χ3n) is 5.31. The summed E-state index contributed by atoms with van der Waals surface area (Å²) in [6.07, 6.45) is 4.72. The van der Waals surface area contributed by atoms with Gasteiger partial charge >= 0.3 is 0 Å². The number of aldehydes is 1. The van der Waals surface area contributed by atoms with Gasteiger partial charge in [-0.1, -0.05) is 20.8 Å². The van der Waals surface area contributed by atoms with E-state index in [1.807, 2.05) is 0 Å². The van der Waals surface area contributed by atoms with Gasteiger partial charge < -0.3 is 4.79 Å². The number of hydrogen-bond donors (Lipinski definition) is 0. The monoisotopic (exact) mass is 198 g/mol. The van der Waals surface area contributed by atoms with Gasteiger partial charge in [-0.25, -0.2) is 0 Å². The van der Waals surface area contributed by atoms with Gasteiger partial charge in [0, 0.05) is 5.92 Å². The molecule has 0 aromatic rings. The molecule has 0 heterocycles. The highest BCUT2D eigenvalue weighted by Gasteiger charge is 2.75. The van der Waals surface area contributed by atoms with Crippen molar-refractivity contribution >= 4 is 15.5 Å². The van der Waals surface area contributed by atoms with Gasteiger partial charge in [-0.05, 0) is 35.2 Å². The molecule has 0 saturated heterocycles. The van der Waals surface area contributed by atoms with Crippen molar-refractivity contribution in [1.82, 2.24) is 0 Å². The quantitative estimate of drug-likeness (QED) is 0.492. The zero-order valence-electron chi connectivity index (χ0n) is 8.76. The van der Waals surface area contributed by atoms with E-state index in [1.165, 1.54) is 12.7 Å². The van der Waals surface area contributed by atoms with Crippen LogP contribution >= 0.6 is 9.24 Å². The molecule has 5 atom stereocenters. The summed E-state index contributed by atoms with van der Waals surface area (Å²) in [7, 11) is 2.85. The third kappa shape index (κ3) is 0.768. The Balaban J connectivity index is 2.30. The second kappa shape index (κ2) is 2.37. The van der Waals surface area contributed by atoms with Gasteiger partial charge in [-0.2, -0.15) is 0 Å². The third-order valence-corrected chi connectivity index (χ3v) is 6.22. The van der Waals surface area contributed by atoms with Crippen molar-refractivity contribution in [3.63, 3.8) is 0 Å². The number of carbonyl (C=O) groups is 1. The van der Waals surface area contributed by atoms with Crippen LogP contribution in [0.4, 0.5) is 0 Å². The summed E-state index contributed by atoms with van der Waals surface area (Å²) in [5, 5.41) is 0. The van der Waals surface area contributed by atoms with Crippen LogP contribution in [-0.2, 0) is 4.79 Å². The van der Waals surface area contributed by atoms with Crippen LogP contribution in [0, 0.1) is 22.2 Å². The molecular formula is C11H19OP. The first-order chi connectivity index (χ1) is 5.93. The Morgan fingerprint density at radius 2 is 2.08 bits per heavy atom. The topological polar surface area (TPSA) is 17.1 Å². The number of hydrogen-bond acceptors (Lipinski definition) is 1. The van der Waals surface area contributed by atoms with Crippen molar-refractivity contribution in [3.8, 4) is 0 Å². The number of carbonyl (C=O) groups excluding carboxylic acids is 1. The number of rotatable bonds is 2. The van der Waals surface area contributed by atoms with Crippen molar-refractivity contribution < 1.29 is 4.79 Å². The molecule has 2 saturated carbocycles. The fraction of sp³-hybridized carbons (Fsp3) is 0.909. The zero-order chi connectivity index (χ0) is 9.91. The fourth-order valence-electron chi connectivity index (χ4n) is 4.06. The standard InChI is InChI=1S/C11H19OP/c1-9-4-8(5-12)11(9,3)10(2,6-9)7-13/h5,8H,4,6-7,13H2,1-3H3. The summed E-state index contributed by atoms with van der Waals surface area (Å²) in [5.74, 6) is 0.316. The molecule has 2 rings (SSSR count). The van der Waals surface area contributed by atoms with Gasteiger partial charge in [0.15, 0.2) is 0 Å². The summed E-state index contributed by atoms with van der Waals surface area (Å²) in [6, 6.07) is 0. The Labute approximate surface area is 82.9 Å². The largest absolute Gasteiger partial charge is 0.303 e. The molecule has 0 bridgehead atoms. The van der Waals surface area contributed by atoms with E-state index < -0.39 is 0 Å². The SMILES string of the molecule is CC1(CP)CC2(C)CC(C=O)C12C. The lowest BCUT2D eigenvalue weighted by atomic mass is 9.26. The van der Waals surface area contributed by atoms with E-state index in [1.54, 1.807) is 0 Å². The van der Waals surface area contributed by atoms with Gasteiger partial charge in [0.1, 0.15) is 6.29 Å². The molecule has 13 heavy (non-hydrogen) atoms. The van der Waals surface area contributed by atoms with Gasteiger partial charge in [-0.3, -0.25) is 0 Å². The predicted molar refractivity (Wildman–Crippen MR) is 57.7 cm³/mol. The van der Waals surface area contributed by atoms with E-state index in [9.17, 15) is 4.79 Å². The van der Waals surface area contributed by atoms with E-state index in [2.05, 4.69) is 30.0 Å². The van der Waals surface area contributed by atoms with E-state index in [-0.39, 0.29) is 5.41 Å². The maximum atomic E-state index is 10.9. The fourth-order valence-corrected chi connectivity index (χ4v) is 4.62. The molecule has 0 spiro atoms. The average Bonchev–Trinajstić information content (AvgIpc) is 2.12. The lowest BCUT2D eigenvalue weighted by Gasteiger charge is -2.78. The molecule has 2 aliphatic carbocycles. The summed E-state index contributed by atoms with van der Waals surface area (Å²) in [6.45, 7) is 6.98. The molecule has 0 radical (unpaired) electrons. The van der Waals surface area contributed by atoms with Crippen molar-refractivity contribution in [2.45, 2.75) is 33.6 Å². The first-order valence-electron chi connectivity index (χ1n) is 5.09. The van der Waals surface area contributed by atoms with Gasteiger partial charge in [0.2, 0.25) is 0 Å². The Bertz CT molecular complexity index is 265. The molecule has 0 amide bonds. The van der Waals surface area contributed by atoms with E-state index in [4.69, 9.17) is 0 Å². The van der Waals surface area contributed by atoms with Crippen LogP contribution in [0.1, 0.15) is 33.6 Å². The minimum absolute atomic E-state index is 0.281. The molecule has 2 fully saturated rings. The lowest BCUT2D eigenvalue weighted by molar-refractivity contribution is -0.286. The van der Waals surface area contributed by atoms with Crippen molar-refractivity contribution in [2.24, 2.45) is 22.2 Å². The first-order valence-corrected chi connectivity index (χ1v) is 5.90. The summed E-state index contributed by atoms with van der Waals surface area (Å²) < 4.78 is 0. The van der Waals surface area contributed by atoms with E-state index >= 15 is 0 Å². The van der Waals surface area contributed by atoms with Crippen LogP contribution in [0.15, 0.2) is 0 Å². The van der Waals surface area contributed by atoms with Gasteiger partial charge in [0.25, 0.3) is 0 Å². The molecule has 74 valence electrons. The predicted octanol–water partition coefficient (Wildman–Crippen LogP) is 2.50. The van der Waals surface area contributed by atoms with Crippen LogP contribution in [-0.4, -0.2) is 12.4 Å². The molecular weight excluding hydrogens is 179 g/mol. The van der Waals surface area contributed by atoms with Crippen LogP contribution in [0.25, 0.3) is 0 Å². The Morgan fingerprint density at radius 3 is 2.46 bits per heavy atom. The zero-order valence-corrected chi connectivity index (χ0v) is 9.92. The van der Waals surface area contributed by atoms with Gasteiger partial charge in [-0.15, -0.1) is 9.24 Å². The molecule has 0 aromatic heterocycles. The van der Waals surface area contributed by atoms with E-state index in [0.717, 1.165) is 12.6 Å². The van der Waals surface area contributed by atoms with Crippen molar-refractivity contribution in [2.75, 3.05) is 6.16 Å². The van der Waals surface area contributed by atoms with Crippen molar-refractivity contribution in [1.29, 1.82) is 0 Å². The Morgan fingerprint density at radius 1 is 1.46 bits per heavy atom. The molecule has 0 aliphatic heterocycles. The Kier molecular flexibility index (Phi) is 1.76. The van der Waals surface area contributed by atoms with Crippen molar-refractivity contribution in [3.05, 3.63) is 0 Å². The minimum atomic E-state index is 0.281.